The zero-order valence-electron chi connectivity index (χ0n) is 13.2. The summed E-state index contributed by atoms with van der Waals surface area (Å²) in [5, 5.41) is 1.45. The van der Waals surface area contributed by atoms with Crippen LogP contribution in [-0.4, -0.2) is 29.8 Å². The van der Waals surface area contributed by atoms with Gasteiger partial charge in [-0.1, -0.05) is 12.1 Å². The van der Waals surface area contributed by atoms with E-state index in [-0.39, 0.29) is 10.3 Å². The van der Waals surface area contributed by atoms with Crippen molar-refractivity contribution in [1.29, 1.82) is 0 Å². The molecule has 0 spiro atoms. The van der Waals surface area contributed by atoms with Gasteiger partial charge in [0.15, 0.2) is 5.71 Å². The molecular formula is C17H20NO3S+. The van der Waals surface area contributed by atoms with Gasteiger partial charge in [0.2, 0.25) is 5.69 Å². The highest BCUT2D eigenvalue weighted by atomic mass is 32.2. The number of benzene rings is 2. The van der Waals surface area contributed by atoms with Crippen molar-refractivity contribution in [2.75, 3.05) is 6.54 Å². The maximum Gasteiger partial charge on any atom is 0.295 e. The third kappa shape index (κ3) is 1.92. The average molecular weight is 318 g/mol. The lowest BCUT2D eigenvalue weighted by Crippen LogP contribution is -2.26. The monoisotopic (exact) mass is 318 g/mol. The molecular weight excluding hydrogens is 298 g/mol. The molecule has 0 bridgehead atoms. The summed E-state index contributed by atoms with van der Waals surface area (Å²) in [6, 6.07) is 8.80. The smallest absolute Gasteiger partial charge is 0.282 e. The van der Waals surface area contributed by atoms with Crippen molar-refractivity contribution in [3.63, 3.8) is 0 Å². The average Bonchev–Trinajstić information content (AvgIpc) is 2.64. The van der Waals surface area contributed by atoms with E-state index in [9.17, 15) is 13.0 Å². The van der Waals surface area contributed by atoms with Crippen LogP contribution < -0.4 is 0 Å². The summed E-state index contributed by atoms with van der Waals surface area (Å²) in [6.07, 6.45) is 0. The highest BCUT2D eigenvalue weighted by molar-refractivity contribution is 7.86. The van der Waals surface area contributed by atoms with Gasteiger partial charge in [-0.3, -0.25) is 4.55 Å². The minimum absolute atomic E-state index is 0.0313. The zero-order chi connectivity index (χ0) is 16.3. The Balaban J connectivity index is 2.46. The van der Waals surface area contributed by atoms with E-state index in [1.54, 1.807) is 12.1 Å². The van der Waals surface area contributed by atoms with Crippen molar-refractivity contribution >= 4 is 32.3 Å². The quantitative estimate of drug-likeness (QED) is 0.681. The molecule has 0 saturated heterocycles. The van der Waals surface area contributed by atoms with Crippen LogP contribution in [-0.2, 0) is 15.5 Å². The lowest BCUT2D eigenvalue weighted by molar-refractivity contribution is -0.434. The molecule has 0 radical (unpaired) electrons. The van der Waals surface area contributed by atoms with E-state index >= 15 is 0 Å². The molecule has 2 aromatic carbocycles. The Hall–Kier alpha value is -1.72. The van der Waals surface area contributed by atoms with Crippen LogP contribution in [0.5, 0.6) is 0 Å². The summed E-state index contributed by atoms with van der Waals surface area (Å²) >= 11 is 0. The van der Waals surface area contributed by atoms with Crippen LogP contribution in [0.2, 0.25) is 0 Å². The van der Waals surface area contributed by atoms with Crippen LogP contribution in [0.25, 0.3) is 10.8 Å². The van der Waals surface area contributed by atoms with Crippen LogP contribution in [0, 0.1) is 0 Å². The fourth-order valence-corrected chi connectivity index (χ4v) is 4.24. The first kappa shape index (κ1) is 15.2. The van der Waals surface area contributed by atoms with Crippen LogP contribution in [0.1, 0.15) is 33.3 Å². The summed E-state index contributed by atoms with van der Waals surface area (Å²) < 4.78 is 35.0. The fourth-order valence-electron chi connectivity index (χ4n) is 3.53. The van der Waals surface area contributed by atoms with Crippen LogP contribution in [0.4, 0.5) is 5.69 Å². The normalized spacial score (nSPS) is 17.1. The van der Waals surface area contributed by atoms with Gasteiger partial charge in [-0.05, 0) is 38.3 Å². The van der Waals surface area contributed by atoms with Gasteiger partial charge in [-0.15, -0.1) is 0 Å². The predicted molar refractivity (Wildman–Crippen MR) is 87.9 cm³/mol. The van der Waals surface area contributed by atoms with E-state index in [0.29, 0.717) is 5.39 Å². The predicted octanol–water partition coefficient (Wildman–Crippen LogP) is 3.50. The first-order chi connectivity index (χ1) is 10.2. The highest BCUT2D eigenvalue weighted by Crippen LogP contribution is 2.44. The molecule has 1 aliphatic rings. The maximum absolute atomic E-state index is 11.6. The zero-order valence-corrected chi connectivity index (χ0v) is 14.0. The Labute approximate surface area is 130 Å². The second kappa shape index (κ2) is 4.64. The Bertz CT molecular complexity index is 924. The van der Waals surface area contributed by atoms with Crippen molar-refractivity contribution < 1.29 is 17.5 Å². The van der Waals surface area contributed by atoms with Crippen LogP contribution >= 0.6 is 0 Å². The summed E-state index contributed by atoms with van der Waals surface area (Å²) in [7, 11) is -4.24. The van der Waals surface area contributed by atoms with E-state index < -0.39 is 10.1 Å². The highest BCUT2D eigenvalue weighted by Gasteiger charge is 2.43. The van der Waals surface area contributed by atoms with E-state index in [4.69, 9.17) is 0 Å². The minimum atomic E-state index is -4.24. The van der Waals surface area contributed by atoms with Crippen molar-refractivity contribution in [3.8, 4) is 0 Å². The van der Waals surface area contributed by atoms with Crippen molar-refractivity contribution in [1.82, 2.24) is 0 Å². The van der Waals surface area contributed by atoms with Gasteiger partial charge in [-0.2, -0.15) is 13.0 Å². The Morgan fingerprint density at radius 3 is 2.41 bits per heavy atom. The molecule has 116 valence electrons. The van der Waals surface area contributed by atoms with Crippen molar-refractivity contribution in [3.05, 3.63) is 35.9 Å². The molecule has 0 aromatic heterocycles. The van der Waals surface area contributed by atoms with E-state index in [1.165, 1.54) is 11.8 Å². The second-order valence-corrected chi connectivity index (χ2v) is 7.63. The van der Waals surface area contributed by atoms with Crippen molar-refractivity contribution in [2.45, 2.75) is 38.0 Å². The number of rotatable bonds is 2. The molecule has 1 N–H and O–H groups in total. The van der Waals surface area contributed by atoms with Gasteiger partial charge in [0, 0.05) is 23.9 Å². The first-order valence-corrected chi connectivity index (χ1v) is 8.79. The number of nitrogens with zero attached hydrogens (tertiary/aromatic N) is 1. The summed E-state index contributed by atoms with van der Waals surface area (Å²) in [5.74, 6) is 0. The largest absolute Gasteiger partial charge is 0.295 e. The van der Waals surface area contributed by atoms with E-state index in [0.717, 1.165) is 23.2 Å². The first-order valence-electron chi connectivity index (χ1n) is 7.35. The van der Waals surface area contributed by atoms with Crippen LogP contribution in [0.15, 0.2) is 35.2 Å². The molecule has 5 heteroatoms. The molecule has 4 nitrogen and oxygen atoms in total. The molecule has 0 unspecified atom stereocenters. The van der Waals surface area contributed by atoms with Gasteiger partial charge in [0.1, 0.15) is 11.4 Å². The molecule has 3 rings (SSSR count). The fraction of sp³-hybridized carbons (Fsp3) is 0.353. The lowest BCUT2D eigenvalue weighted by atomic mass is 9.80. The molecule has 0 saturated carbocycles. The summed E-state index contributed by atoms with van der Waals surface area (Å²) in [4.78, 5) is -0.0313. The van der Waals surface area contributed by atoms with Gasteiger partial charge in [0.25, 0.3) is 10.1 Å². The van der Waals surface area contributed by atoms with Gasteiger partial charge in [-0.25, -0.2) is 0 Å². The summed E-state index contributed by atoms with van der Waals surface area (Å²) in [5.41, 5.74) is 3.30. The maximum atomic E-state index is 11.6. The van der Waals surface area contributed by atoms with Crippen molar-refractivity contribution in [2.24, 2.45) is 0 Å². The number of hydrogen-bond acceptors (Lipinski definition) is 2. The van der Waals surface area contributed by atoms with Crippen LogP contribution in [0.3, 0.4) is 0 Å². The molecule has 2 aromatic rings. The molecule has 1 aliphatic heterocycles. The number of hydrogen-bond donors (Lipinski definition) is 1. The Morgan fingerprint density at radius 2 is 1.82 bits per heavy atom. The second-order valence-electron chi connectivity index (χ2n) is 6.24. The van der Waals surface area contributed by atoms with Gasteiger partial charge < -0.3 is 0 Å². The third-order valence-corrected chi connectivity index (χ3v) is 5.73. The molecule has 0 aliphatic carbocycles. The lowest BCUT2D eigenvalue weighted by Gasteiger charge is -2.17. The molecule has 0 fully saturated rings. The van der Waals surface area contributed by atoms with Gasteiger partial charge >= 0.3 is 0 Å². The van der Waals surface area contributed by atoms with Gasteiger partial charge in [0.05, 0.1) is 5.41 Å². The number of fused-ring (bicyclic) bond motifs is 3. The molecule has 0 atom stereocenters. The standard InChI is InChI=1S/C17H19NO3S/c1-5-18-11(2)17(3,4)16-13-7-6-8-15(22(19,20)21)12(13)9-10-14(16)18/h6-10H,5H2,1-4H3/p+1. The molecule has 1 heterocycles. The topological polar surface area (TPSA) is 57.4 Å². The third-order valence-electron chi connectivity index (χ3n) is 4.82. The van der Waals surface area contributed by atoms with E-state index in [1.807, 2.05) is 12.1 Å². The summed E-state index contributed by atoms with van der Waals surface area (Å²) in [6.45, 7) is 9.38. The molecule has 22 heavy (non-hydrogen) atoms. The molecule has 0 amide bonds. The SMILES string of the molecule is CC[N+]1=C(C)C(C)(C)c2c1ccc1c(S(=O)(=O)O)cccc21. The van der Waals surface area contributed by atoms with E-state index in [2.05, 4.69) is 32.3 Å². The Morgan fingerprint density at radius 1 is 1.14 bits per heavy atom. The minimum Gasteiger partial charge on any atom is -0.282 e. The Kier molecular flexibility index (Phi) is 3.20.